The van der Waals surface area contributed by atoms with E-state index in [0.29, 0.717) is 12.2 Å². The minimum Gasteiger partial charge on any atom is -0.310 e. The van der Waals surface area contributed by atoms with Gasteiger partial charge in [-0.05, 0) is 35.4 Å². The SMILES string of the molecule is Cc1ccc(-n2nc(C(C)(C)C)cc2NC(=O)Cc2ccc3ccccc3c2)cc1. The second-order valence-corrected chi connectivity index (χ2v) is 8.82. The lowest BCUT2D eigenvalue weighted by atomic mass is 9.92. The molecule has 0 atom stereocenters. The molecule has 0 fully saturated rings. The van der Waals surface area contributed by atoms with Gasteiger partial charge in [-0.2, -0.15) is 5.10 Å². The van der Waals surface area contributed by atoms with E-state index in [0.717, 1.165) is 22.3 Å². The summed E-state index contributed by atoms with van der Waals surface area (Å²) < 4.78 is 1.82. The molecule has 0 saturated carbocycles. The summed E-state index contributed by atoms with van der Waals surface area (Å²) in [6, 6.07) is 24.4. The van der Waals surface area contributed by atoms with Crippen LogP contribution in [0.4, 0.5) is 5.82 Å². The summed E-state index contributed by atoms with van der Waals surface area (Å²) in [7, 11) is 0. The summed E-state index contributed by atoms with van der Waals surface area (Å²) in [6.45, 7) is 8.42. The molecule has 3 aromatic carbocycles. The number of hydrogen-bond acceptors (Lipinski definition) is 2. The number of benzene rings is 3. The molecule has 1 heterocycles. The Kier molecular flexibility index (Phi) is 5.17. The summed E-state index contributed by atoms with van der Waals surface area (Å²) in [5.74, 6) is 0.633. The highest BCUT2D eigenvalue weighted by Crippen LogP contribution is 2.26. The number of nitrogens with one attached hydrogen (secondary N) is 1. The molecule has 0 aliphatic carbocycles. The third-order valence-corrected chi connectivity index (χ3v) is 5.20. The number of amides is 1. The third kappa shape index (κ3) is 4.28. The number of aromatic nitrogens is 2. The van der Waals surface area contributed by atoms with Gasteiger partial charge in [0.05, 0.1) is 17.8 Å². The van der Waals surface area contributed by atoms with Crippen LogP contribution in [0.5, 0.6) is 0 Å². The van der Waals surface area contributed by atoms with Crippen molar-refractivity contribution in [3.8, 4) is 5.69 Å². The van der Waals surface area contributed by atoms with E-state index in [9.17, 15) is 4.79 Å². The van der Waals surface area contributed by atoms with E-state index in [1.165, 1.54) is 10.9 Å². The normalized spacial score (nSPS) is 11.6. The topological polar surface area (TPSA) is 46.9 Å². The van der Waals surface area contributed by atoms with Gasteiger partial charge in [0.15, 0.2) is 0 Å². The molecule has 0 radical (unpaired) electrons. The number of hydrogen-bond donors (Lipinski definition) is 1. The van der Waals surface area contributed by atoms with Crippen molar-refractivity contribution in [2.75, 3.05) is 5.32 Å². The fourth-order valence-electron chi connectivity index (χ4n) is 3.44. The van der Waals surface area contributed by atoms with Crippen LogP contribution < -0.4 is 5.32 Å². The predicted octanol–water partition coefficient (Wildman–Crippen LogP) is 5.81. The molecule has 0 aliphatic rings. The number of carbonyl (C=O) groups excluding carboxylic acids is 1. The number of anilines is 1. The van der Waals surface area contributed by atoms with Crippen molar-refractivity contribution in [1.82, 2.24) is 9.78 Å². The minimum atomic E-state index is -0.117. The molecule has 0 unspecified atom stereocenters. The van der Waals surface area contributed by atoms with Crippen molar-refractivity contribution in [2.24, 2.45) is 0 Å². The molecule has 152 valence electrons. The number of aryl methyl sites for hydroxylation is 1. The van der Waals surface area contributed by atoms with Crippen LogP contribution in [0, 0.1) is 6.92 Å². The molecule has 0 saturated heterocycles. The number of nitrogens with zero attached hydrogens (tertiary/aromatic N) is 2. The lowest BCUT2D eigenvalue weighted by molar-refractivity contribution is -0.115. The second-order valence-electron chi connectivity index (χ2n) is 8.82. The molecule has 4 aromatic rings. The molecule has 0 spiro atoms. The van der Waals surface area contributed by atoms with E-state index in [1.807, 2.05) is 41.1 Å². The highest BCUT2D eigenvalue weighted by atomic mass is 16.1. The van der Waals surface area contributed by atoms with Gasteiger partial charge >= 0.3 is 0 Å². The summed E-state index contributed by atoms with van der Waals surface area (Å²) in [6.07, 6.45) is 0.314. The fourth-order valence-corrected chi connectivity index (χ4v) is 3.44. The van der Waals surface area contributed by atoms with Crippen LogP contribution in [0.1, 0.15) is 37.6 Å². The van der Waals surface area contributed by atoms with Gasteiger partial charge < -0.3 is 5.32 Å². The smallest absolute Gasteiger partial charge is 0.229 e. The standard InChI is InChI=1S/C26H27N3O/c1-18-9-13-22(14-10-18)29-24(17-23(28-29)26(2,3)4)27-25(30)16-19-11-12-20-7-5-6-8-21(20)15-19/h5-15,17H,16H2,1-4H3,(H,27,30). The Morgan fingerprint density at radius 3 is 2.33 bits per heavy atom. The maximum Gasteiger partial charge on any atom is 0.229 e. The Labute approximate surface area is 177 Å². The molecule has 4 rings (SSSR count). The Balaban J connectivity index is 1.61. The molecule has 1 N–H and O–H groups in total. The maximum absolute atomic E-state index is 12.9. The summed E-state index contributed by atoms with van der Waals surface area (Å²) in [4.78, 5) is 12.9. The number of fused-ring (bicyclic) bond motifs is 1. The van der Waals surface area contributed by atoms with Crippen LogP contribution in [-0.4, -0.2) is 15.7 Å². The van der Waals surface area contributed by atoms with Gasteiger partial charge in [-0.15, -0.1) is 0 Å². The van der Waals surface area contributed by atoms with Gasteiger partial charge in [0.25, 0.3) is 0 Å². The lowest BCUT2D eigenvalue weighted by Gasteiger charge is -2.14. The molecular weight excluding hydrogens is 370 g/mol. The van der Waals surface area contributed by atoms with Crippen LogP contribution in [-0.2, 0) is 16.6 Å². The molecule has 30 heavy (non-hydrogen) atoms. The molecule has 4 heteroatoms. The molecule has 1 amide bonds. The van der Waals surface area contributed by atoms with E-state index in [2.05, 4.69) is 69.4 Å². The van der Waals surface area contributed by atoms with Crippen molar-refractivity contribution < 1.29 is 4.79 Å². The summed E-state index contributed by atoms with van der Waals surface area (Å²) in [5.41, 5.74) is 3.92. The van der Waals surface area contributed by atoms with Gasteiger partial charge in [0.1, 0.15) is 5.82 Å². The zero-order chi connectivity index (χ0) is 21.3. The molecule has 0 bridgehead atoms. The first kappa shape index (κ1) is 19.9. The van der Waals surface area contributed by atoms with Gasteiger partial charge in [-0.3, -0.25) is 4.79 Å². The van der Waals surface area contributed by atoms with E-state index >= 15 is 0 Å². The van der Waals surface area contributed by atoms with Crippen molar-refractivity contribution >= 4 is 22.5 Å². The first-order valence-corrected chi connectivity index (χ1v) is 10.2. The second kappa shape index (κ2) is 7.79. The fraction of sp³-hybridized carbons (Fsp3) is 0.231. The van der Waals surface area contributed by atoms with Gasteiger partial charge in [0, 0.05) is 11.5 Å². The van der Waals surface area contributed by atoms with E-state index < -0.39 is 0 Å². The average molecular weight is 398 g/mol. The van der Waals surface area contributed by atoms with Crippen molar-refractivity contribution in [3.63, 3.8) is 0 Å². The largest absolute Gasteiger partial charge is 0.310 e. The van der Waals surface area contributed by atoms with Gasteiger partial charge in [0.2, 0.25) is 5.91 Å². The van der Waals surface area contributed by atoms with Crippen molar-refractivity contribution in [3.05, 3.63) is 89.6 Å². The van der Waals surface area contributed by atoms with Gasteiger partial charge in [-0.1, -0.05) is 80.9 Å². The zero-order valence-electron chi connectivity index (χ0n) is 17.9. The van der Waals surface area contributed by atoms with E-state index in [1.54, 1.807) is 0 Å². The average Bonchev–Trinajstić information content (AvgIpc) is 3.12. The monoisotopic (exact) mass is 397 g/mol. The van der Waals surface area contributed by atoms with Crippen molar-refractivity contribution in [1.29, 1.82) is 0 Å². The van der Waals surface area contributed by atoms with Crippen LogP contribution in [0.15, 0.2) is 72.8 Å². The van der Waals surface area contributed by atoms with Crippen LogP contribution >= 0.6 is 0 Å². The van der Waals surface area contributed by atoms with Crippen molar-refractivity contribution in [2.45, 2.75) is 39.5 Å². The van der Waals surface area contributed by atoms with Gasteiger partial charge in [-0.25, -0.2) is 4.68 Å². The highest BCUT2D eigenvalue weighted by molar-refractivity contribution is 5.93. The van der Waals surface area contributed by atoms with Crippen LogP contribution in [0.3, 0.4) is 0 Å². The van der Waals surface area contributed by atoms with Crippen LogP contribution in [0.25, 0.3) is 16.5 Å². The summed E-state index contributed by atoms with van der Waals surface area (Å²) >= 11 is 0. The minimum absolute atomic E-state index is 0.0565. The Hall–Kier alpha value is -3.40. The number of rotatable bonds is 4. The summed E-state index contributed by atoms with van der Waals surface area (Å²) in [5, 5.41) is 10.2. The van der Waals surface area contributed by atoms with E-state index in [4.69, 9.17) is 5.10 Å². The van der Waals surface area contributed by atoms with E-state index in [-0.39, 0.29) is 11.3 Å². The number of carbonyl (C=O) groups is 1. The molecule has 4 nitrogen and oxygen atoms in total. The van der Waals surface area contributed by atoms with Crippen LogP contribution in [0.2, 0.25) is 0 Å². The lowest BCUT2D eigenvalue weighted by Crippen LogP contribution is -2.17. The zero-order valence-corrected chi connectivity index (χ0v) is 17.9. The third-order valence-electron chi connectivity index (χ3n) is 5.20. The highest BCUT2D eigenvalue weighted by Gasteiger charge is 2.21. The molecule has 0 aliphatic heterocycles. The first-order chi connectivity index (χ1) is 14.3. The first-order valence-electron chi connectivity index (χ1n) is 10.2. The molecular formula is C26H27N3O. The maximum atomic E-state index is 12.9. The Bertz CT molecular complexity index is 1200. The predicted molar refractivity (Wildman–Crippen MR) is 123 cm³/mol. The molecule has 1 aromatic heterocycles. The quantitative estimate of drug-likeness (QED) is 0.472. The Morgan fingerprint density at radius 2 is 1.63 bits per heavy atom. The Morgan fingerprint density at radius 1 is 0.933 bits per heavy atom.